The normalized spacial score (nSPS) is 11.2. The highest BCUT2D eigenvalue weighted by Crippen LogP contribution is 2.32. The molecule has 1 rings (SSSR count). The lowest BCUT2D eigenvalue weighted by molar-refractivity contribution is -0.274. The predicted octanol–water partition coefficient (Wildman–Crippen LogP) is 2.74. The SMILES string of the molecule is Nc1cc(Br)cc(OC(F)(F)F)c1C=O. The molecule has 0 aliphatic carbocycles. The minimum absolute atomic E-state index is 0.0846. The van der Waals surface area contributed by atoms with E-state index in [1.807, 2.05) is 0 Å². The van der Waals surface area contributed by atoms with Crippen molar-refractivity contribution in [2.45, 2.75) is 6.36 Å². The molecule has 0 bridgehead atoms. The van der Waals surface area contributed by atoms with Crippen molar-refractivity contribution >= 4 is 27.9 Å². The molecule has 0 aliphatic heterocycles. The van der Waals surface area contributed by atoms with Gasteiger partial charge in [0.15, 0.2) is 6.29 Å². The topological polar surface area (TPSA) is 52.3 Å². The van der Waals surface area contributed by atoms with Gasteiger partial charge in [0.05, 0.1) is 5.56 Å². The first-order valence-corrected chi connectivity index (χ1v) is 4.42. The molecule has 2 N–H and O–H groups in total. The van der Waals surface area contributed by atoms with Gasteiger partial charge in [0, 0.05) is 10.2 Å². The van der Waals surface area contributed by atoms with Gasteiger partial charge >= 0.3 is 6.36 Å². The minimum atomic E-state index is -4.86. The molecule has 7 heteroatoms. The summed E-state index contributed by atoms with van der Waals surface area (Å²) < 4.78 is 39.7. The summed E-state index contributed by atoms with van der Waals surface area (Å²) in [6.07, 6.45) is -4.65. The van der Waals surface area contributed by atoms with Gasteiger partial charge in [0.2, 0.25) is 0 Å². The number of benzene rings is 1. The number of aldehydes is 1. The van der Waals surface area contributed by atoms with Crippen molar-refractivity contribution < 1.29 is 22.7 Å². The molecule has 0 aromatic heterocycles. The van der Waals surface area contributed by atoms with Crippen molar-refractivity contribution in [1.29, 1.82) is 0 Å². The van der Waals surface area contributed by atoms with Gasteiger partial charge in [0.25, 0.3) is 0 Å². The van der Waals surface area contributed by atoms with E-state index >= 15 is 0 Å². The van der Waals surface area contributed by atoms with Crippen LogP contribution in [-0.4, -0.2) is 12.6 Å². The van der Waals surface area contributed by atoms with Crippen LogP contribution >= 0.6 is 15.9 Å². The Kier molecular flexibility index (Phi) is 3.23. The molecule has 15 heavy (non-hydrogen) atoms. The molecule has 0 heterocycles. The summed E-state index contributed by atoms with van der Waals surface area (Å²) in [7, 11) is 0. The molecule has 0 radical (unpaired) electrons. The highest BCUT2D eigenvalue weighted by atomic mass is 79.9. The van der Waals surface area contributed by atoms with Gasteiger partial charge < -0.3 is 10.5 Å². The lowest BCUT2D eigenvalue weighted by Crippen LogP contribution is -2.18. The Labute approximate surface area is 91.1 Å². The molecule has 0 fully saturated rings. The quantitative estimate of drug-likeness (QED) is 0.671. The zero-order valence-corrected chi connectivity index (χ0v) is 8.72. The van der Waals surface area contributed by atoms with E-state index in [1.54, 1.807) is 0 Å². The maximum absolute atomic E-state index is 11.9. The van der Waals surface area contributed by atoms with Gasteiger partial charge in [-0.2, -0.15) is 0 Å². The number of anilines is 1. The van der Waals surface area contributed by atoms with Crippen LogP contribution in [0.15, 0.2) is 16.6 Å². The summed E-state index contributed by atoms with van der Waals surface area (Å²) >= 11 is 2.94. The van der Waals surface area contributed by atoms with Gasteiger partial charge in [-0.05, 0) is 12.1 Å². The molecule has 0 saturated heterocycles. The second-order valence-electron chi connectivity index (χ2n) is 2.57. The monoisotopic (exact) mass is 283 g/mol. The van der Waals surface area contributed by atoms with Gasteiger partial charge in [-0.1, -0.05) is 15.9 Å². The van der Waals surface area contributed by atoms with E-state index in [0.717, 1.165) is 6.07 Å². The summed E-state index contributed by atoms with van der Waals surface area (Å²) in [5.74, 6) is -0.621. The zero-order chi connectivity index (χ0) is 11.6. The summed E-state index contributed by atoms with van der Waals surface area (Å²) in [5.41, 5.74) is 4.93. The third kappa shape index (κ3) is 3.12. The molecular formula is C8H5BrF3NO2. The molecular weight excluding hydrogens is 279 g/mol. The molecule has 0 aliphatic rings. The Morgan fingerprint density at radius 1 is 1.40 bits per heavy atom. The van der Waals surface area contributed by atoms with E-state index in [0.29, 0.717) is 4.47 Å². The predicted molar refractivity (Wildman–Crippen MR) is 50.6 cm³/mol. The van der Waals surface area contributed by atoms with Crippen LogP contribution in [0.1, 0.15) is 10.4 Å². The summed E-state index contributed by atoms with van der Waals surface area (Å²) in [5, 5.41) is 0. The molecule has 1 aromatic carbocycles. The first kappa shape index (κ1) is 11.8. The fourth-order valence-electron chi connectivity index (χ4n) is 0.948. The van der Waals surface area contributed by atoms with Crippen LogP contribution in [-0.2, 0) is 0 Å². The first-order chi connectivity index (χ1) is 6.83. The Morgan fingerprint density at radius 3 is 2.47 bits per heavy atom. The van der Waals surface area contributed by atoms with Crippen LogP contribution in [0.4, 0.5) is 18.9 Å². The van der Waals surface area contributed by atoms with E-state index in [4.69, 9.17) is 5.73 Å². The molecule has 0 spiro atoms. The Hall–Kier alpha value is -1.24. The number of ether oxygens (including phenoxy) is 1. The number of halogens is 4. The summed E-state index contributed by atoms with van der Waals surface area (Å²) in [4.78, 5) is 10.5. The average molecular weight is 284 g/mol. The van der Waals surface area contributed by atoms with Crippen molar-refractivity contribution in [3.05, 3.63) is 22.2 Å². The molecule has 82 valence electrons. The maximum Gasteiger partial charge on any atom is 0.573 e. The standard InChI is InChI=1S/C8H5BrF3NO2/c9-4-1-6(13)5(3-14)7(2-4)15-8(10,11)12/h1-3H,13H2. The van der Waals surface area contributed by atoms with Gasteiger partial charge in [-0.25, -0.2) is 0 Å². The molecule has 0 saturated carbocycles. The van der Waals surface area contributed by atoms with Crippen molar-refractivity contribution in [2.24, 2.45) is 0 Å². The summed E-state index contributed by atoms with van der Waals surface area (Å²) in [6, 6.07) is 2.33. The number of nitrogen functional groups attached to an aromatic ring is 1. The largest absolute Gasteiger partial charge is 0.573 e. The first-order valence-electron chi connectivity index (χ1n) is 3.63. The third-order valence-corrected chi connectivity index (χ3v) is 1.94. The van der Waals surface area contributed by atoms with Gasteiger partial charge in [-0.15, -0.1) is 13.2 Å². The number of carbonyl (C=O) groups excluding carboxylic acids is 1. The highest BCUT2D eigenvalue weighted by Gasteiger charge is 2.32. The molecule has 0 amide bonds. The molecule has 0 unspecified atom stereocenters. The van der Waals surface area contributed by atoms with Crippen LogP contribution in [0.2, 0.25) is 0 Å². The zero-order valence-electron chi connectivity index (χ0n) is 7.14. The van der Waals surface area contributed by atoms with E-state index in [1.165, 1.54) is 6.07 Å². The number of alkyl halides is 3. The second-order valence-corrected chi connectivity index (χ2v) is 3.49. The fraction of sp³-hybridized carbons (Fsp3) is 0.125. The lowest BCUT2D eigenvalue weighted by Gasteiger charge is -2.12. The van der Waals surface area contributed by atoms with Crippen LogP contribution in [0.3, 0.4) is 0 Å². The minimum Gasteiger partial charge on any atom is -0.405 e. The van der Waals surface area contributed by atoms with Crippen molar-refractivity contribution in [2.75, 3.05) is 5.73 Å². The average Bonchev–Trinajstić information content (AvgIpc) is 1.99. The Bertz CT molecular complexity index is 392. The van der Waals surface area contributed by atoms with E-state index < -0.39 is 12.1 Å². The van der Waals surface area contributed by atoms with Crippen LogP contribution in [0.5, 0.6) is 5.75 Å². The lowest BCUT2D eigenvalue weighted by atomic mass is 10.2. The van der Waals surface area contributed by atoms with Crippen LogP contribution in [0.25, 0.3) is 0 Å². The van der Waals surface area contributed by atoms with Gasteiger partial charge in [0.1, 0.15) is 5.75 Å². The number of hydrogen-bond donors (Lipinski definition) is 1. The summed E-state index contributed by atoms with van der Waals surface area (Å²) in [6.45, 7) is 0. The number of hydrogen-bond acceptors (Lipinski definition) is 3. The van der Waals surface area contributed by atoms with Crippen LogP contribution in [0, 0.1) is 0 Å². The van der Waals surface area contributed by atoms with E-state index in [2.05, 4.69) is 20.7 Å². The van der Waals surface area contributed by atoms with Crippen molar-refractivity contribution in [3.63, 3.8) is 0 Å². The Morgan fingerprint density at radius 2 is 2.00 bits per heavy atom. The highest BCUT2D eigenvalue weighted by molar-refractivity contribution is 9.10. The van der Waals surface area contributed by atoms with E-state index in [9.17, 15) is 18.0 Å². The van der Waals surface area contributed by atoms with E-state index in [-0.39, 0.29) is 17.5 Å². The smallest absolute Gasteiger partial charge is 0.405 e. The van der Waals surface area contributed by atoms with Crippen molar-refractivity contribution in [3.8, 4) is 5.75 Å². The number of nitrogens with two attached hydrogens (primary N) is 1. The number of carbonyl (C=O) groups is 1. The second kappa shape index (κ2) is 4.09. The van der Waals surface area contributed by atoms with Crippen LogP contribution < -0.4 is 10.5 Å². The molecule has 1 aromatic rings. The number of rotatable bonds is 2. The maximum atomic E-state index is 11.9. The fourth-order valence-corrected chi connectivity index (χ4v) is 1.40. The third-order valence-electron chi connectivity index (χ3n) is 1.48. The Balaban J connectivity index is 3.21. The molecule has 0 atom stereocenters. The van der Waals surface area contributed by atoms with Crippen molar-refractivity contribution in [1.82, 2.24) is 0 Å². The van der Waals surface area contributed by atoms with Gasteiger partial charge in [-0.3, -0.25) is 4.79 Å². The molecule has 3 nitrogen and oxygen atoms in total.